The number of aliphatic imine (C=N–C) groups is 1. The molecule has 114 valence electrons. The Labute approximate surface area is 132 Å². The van der Waals surface area contributed by atoms with Gasteiger partial charge < -0.3 is 10.5 Å². The molecule has 6 nitrogen and oxygen atoms in total. The largest absolute Gasteiger partial charge is 0.457 e. The van der Waals surface area contributed by atoms with Gasteiger partial charge >= 0.3 is 0 Å². The predicted octanol–water partition coefficient (Wildman–Crippen LogP) is 3.92. The van der Waals surface area contributed by atoms with Gasteiger partial charge in [-0.3, -0.25) is 10.1 Å². The van der Waals surface area contributed by atoms with Crippen molar-refractivity contribution < 1.29 is 9.66 Å². The van der Waals surface area contributed by atoms with E-state index in [1.54, 1.807) is 12.1 Å². The maximum atomic E-state index is 11.0. The number of nitrogens with zero attached hydrogens (tertiary/aromatic N) is 2. The molecule has 0 aliphatic carbocycles. The summed E-state index contributed by atoms with van der Waals surface area (Å²) in [4.78, 5) is 14.5. The van der Waals surface area contributed by atoms with Crippen LogP contribution in [0.15, 0.2) is 47.5 Å². The molecule has 7 heteroatoms. The van der Waals surface area contributed by atoms with Gasteiger partial charge in [0.05, 0.1) is 22.6 Å². The zero-order chi connectivity index (χ0) is 16.1. The number of non-ortho nitro benzene ring substituents is 1. The van der Waals surface area contributed by atoms with Gasteiger partial charge in [-0.05, 0) is 24.6 Å². The normalized spacial score (nSPS) is 11.3. The van der Waals surface area contributed by atoms with Crippen molar-refractivity contribution in [1.29, 1.82) is 0 Å². The third kappa shape index (κ3) is 4.20. The van der Waals surface area contributed by atoms with Gasteiger partial charge in [0.2, 0.25) is 0 Å². The smallest absolute Gasteiger partial charge is 0.275 e. The van der Waals surface area contributed by atoms with Gasteiger partial charge in [0, 0.05) is 12.1 Å². The lowest BCUT2D eigenvalue weighted by molar-refractivity contribution is -0.384. The van der Waals surface area contributed by atoms with Crippen molar-refractivity contribution in [2.24, 2.45) is 10.7 Å². The number of rotatable bonds is 5. The number of nitro groups is 1. The first-order chi connectivity index (χ1) is 10.5. The zero-order valence-electron chi connectivity index (χ0n) is 11.8. The molecule has 0 spiro atoms. The first-order valence-corrected chi connectivity index (χ1v) is 6.94. The van der Waals surface area contributed by atoms with E-state index >= 15 is 0 Å². The molecule has 2 rings (SSSR count). The van der Waals surface area contributed by atoms with E-state index in [0.29, 0.717) is 17.2 Å². The number of hydrogen-bond donors (Lipinski definition) is 1. The highest BCUT2D eigenvalue weighted by atomic mass is 35.5. The van der Waals surface area contributed by atoms with Crippen LogP contribution in [0.2, 0.25) is 0 Å². The summed E-state index contributed by atoms with van der Waals surface area (Å²) in [6.45, 7) is 1.93. The second kappa shape index (κ2) is 6.91. The second-order valence-corrected chi connectivity index (χ2v) is 4.86. The fourth-order valence-corrected chi connectivity index (χ4v) is 1.87. The first kappa shape index (κ1) is 15.8. The van der Waals surface area contributed by atoms with E-state index in [4.69, 9.17) is 22.1 Å². The molecular weight excluding hydrogens is 306 g/mol. The summed E-state index contributed by atoms with van der Waals surface area (Å²) in [7, 11) is 0. The summed E-state index contributed by atoms with van der Waals surface area (Å²) in [5.41, 5.74) is 6.76. The molecule has 0 atom stereocenters. The van der Waals surface area contributed by atoms with Crippen molar-refractivity contribution >= 4 is 28.8 Å². The number of benzene rings is 2. The van der Waals surface area contributed by atoms with E-state index in [1.165, 1.54) is 12.1 Å². The van der Waals surface area contributed by atoms with Crippen LogP contribution in [0.1, 0.15) is 5.56 Å². The number of amidine groups is 1. The van der Waals surface area contributed by atoms with Gasteiger partial charge in [-0.15, -0.1) is 11.6 Å². The van der Waals surface area contributed by atoms with Gasteiger partial charge in [0.25, 0.3) is 5.69 Å². The standard InChI is InChI=1S/C15H14ClN3O3/c1-10-3-2-4-13(5-10)22-14-7-11(18-15(17)9-16)6-12(8-14)19(20)21/h2-8H,9H2,1H3,(H2,17,18). The van der Waals surface area contributed by atoms with Gasteiger partial charge in [-0.1, -0.05) is 12.1 Å². The summed E-state index contributed by atoms with van der Waals surface area (Å²) in [6.07, 6.45) is 0. The number of alkyl halides is 1. The number of nitro benzene ring substituents is 1. The highest BCUT2D eigenvalue weighted by molar-refractivity contribution is 6.28. The van der Waals surface area contributed by atoms with Gasteiger partial charge in [-0.25, -0.2) is 4.99 Å². The lowest BCUT2D eigenvalue weighted by atomic mass is 10.2. The minimum Gasteiger partial charge on any atom is -0.457 e. The molecular formula is C15H14ClN3O3. The van der Waals surface area contributed by atoms with Crippen molar-refractivity contribution in [2.75, 3.05) is 5.88 Å². The van der Waals surface area contributed by atoms with E-state index < -0.39 is 4.92 Å². The zero-order valence-corrected chi connectivity index (χ0v) is 12.6. The highest BCUT2D eigenvalue weighted by Crippen LogP contribution is 2.31. The first-order valence-electron chi connectivity index (χ1n) is 6.41. The van der Waals surface area contributed by atoms with Crippen molar-refractivity contribution in [1.82, 2.24) is 0 Å². The molecule has 0 fully saturated rings. The highest BCUT2D eigenvalue weighted by Gasteiger charge is 2.11. The average Bonchev–Trinajstić information content (AvgIpc) is 2.46. The molecule has 0 amide bonds. The third-order valence-corrected chi connectivity index (χ3v) is 3.00. The molecule has 0 saturated heterocycles. The maximum Gasteiger partial charge on any atom is 0.275 e. The van der Waals surface area contributed by atoms with Crippen LogP contribution in [0, 0.1) is 17.0 Å². The Kier molecular flexibility index (Phi) is 4.95. The van der Waals surface area contributed by atoms with E-state index in [9.17, 15) is 10.1 Å². The molecule has 0 aliphatic heterocycles. The lowest BCUT2D eigenvalue weighted by Crippen LogP contribution is -2.12. The van der Waals surface area contributed by atoms with Crippen molar-refractivity contribution in [2.45, 2.75) is 6.92 Å². The Morgan fingerprint density at radius 3 is 2.73 bits per heavy atom. The van der Waals surface area contributed by atoms with Crippen molar-refractivity contribution in [3.63, 3.8) is 0 Å². The van der Waals surface area contributed by atoms with Crippen LogP contribution in [-0.4, -0.2) is 16.6 Å². The van der Waals surface area contributed by atoms with Gasteiger partial charge in [0.15, 0.2) is 0 Å². The Hall–Kier alpha value is -2.60. The topological polar surface area (TPSA) is 90.8 Å². The van der Waals surface area contributed by atoms with Crippen molar-refractivity contribution in [3.8, 4) is 11.5 Å². The Morgan fingerprint density at radius 2 is 2.09 bits per heavy atom. The van der Waals surface area contributed by atoms with E-state index in [1.807, 2.05) is 25.1 Å². The molecule has 2 N–H and O–H groups in total. The molecule has 2 aromatic rings. The summed E-state index contributed by atoms with van der Waals surface area (Å²) in [6, 6.07) is 11.6. The summed E-state index contributed by atoms with van der Waals surface area (Å²) < 4.78 is 5.66. The minimum absolute atomic E-state index is 0.0385. The van der Waals surface area contributed by atoms with E-state index in [0.717, 1.165) is 5.56 Å². The second-order valence-electron chi connectivity index (χ2n) is 4.60. The molecule has 2 aromatic carbocycles. The van der Waals surface area contributed by atoms with Gasteiger partial charge in [0.1, 0.15) is 17.3 Å². The number of ether oxygens (including phenoxy) is 1. The van der Waals surface area contributed by atoms with Gasteiger partial charge in [-0.2, -0.15) is 0 Å². The van der Waals surface area contributed by atoms with Crippen LogP contribution in [0.3, 0.4) is 0 Å². The number of hydrogen-bond acceptors (Lipinski definition) is 4. The van der Waals surface area contributed by atoms with Crippen LogP contribution in [0.25, 0.3) is 0 Å². The third-order valence-electron chi connectivity index (χ3n) is 2.72. The SMILES string of the molecule is Cc1cccc(Oc2cc(N=C(N)CCl)cc([N+](=O)[O-])c2)c1. The fourth-order valence-electron chi connectivity index (χ4n) is 1.81. The van der Waals surface area contributed by atoms with E-state index in [2.05, 4.69) is 4.99 Å². The fraction of sp³-hybridized carbons (Fsp3) is 0.133. The van der Waals surface area contributed by atoms with Crippen LogP contribution < -0.4 is 10.5 Å². The summed E-state index contributed by atoms with van der Waals surface area (Å²) in [5, 5.41) is 11.0. The Morgan fingerprint density at radius 1 is 1.32 bits per heavy atom. The quantitative estimate of drug-likeness (QED) is 0.297. The molecule has 0 radical (unpaired) electrons. The Balaban J connectivity index is 2.39. The molecule has 0 heterocycles. The Bertz CT molecular complexity index is 732. The van der Waals surface area contributed by atoms with Crippen LogP contribution >= 0.6 is 11.6 Å². The maximum absolute atomic E-state index is 11.0. The molecule has 22 heavy (non-hydrogen) atoms. The van der Waals surface area contributed by atoms with Crippen LogP contribution in [-0.2, 0) is 0 Å². The molecule has 0 aliphatic rings. The van der Waals surface area contributed by atoms with Crippen molar-refractivity contribution in [3.05, 3.63) is 58.1 Å². The predicted molar refractivity (Wildman–Crippen MR) is 86.4 cm³/mol. The number of aryl methyl sites for hydroxylation is 1. The summed E-state index contributed by atoms with van der Waals surface area (Å²) in [5.74, 6) is 1.10. The molecule has 0 aromatic heterocycles. The number of nitrogens with two attached hydrogens (primary N) is 1. The lowest BCUT2D eigenvalue weighted by Gasteiger charge is -2.07. The summed E-state index contributed by atoms with van der Waals surface area (Å²) >= 11 is 5.57. The average molecular weight is 320 g/mol. The molecule has 0 bridgehead atoms. The van der Waals surface area contributed by atoms with Crippen LogP contribution in [0.4, 0.5) is 11.4 Å². The minimum atomic E-state index is -0.515. The monoisotopic (exact) mass is 319 g/mol. The van der Waals surface area contributed by atoms with E-state index in [-0.39, 0.29) is 17.4 Å². The number of halogens is 1. The molecule has 0 saturated carbocycles. The van der Waals surface area contributed by atoms with Crippen LogP contribution in [0.5, 0.6) is 11.5 Å². The molecule has 0 unspecified atom stereocenters.